The Labute approximate surface area is 73.2 Å². The van der Waals surface area contributed by atoms with Crippen LogP contribution in [0.2, 0.25) is 0 Å². The molecular weight excluding hydrogens is 214 g/mol. The van der Waals surface area contributed by atoms with E-state index < -0.39 is 11.7 Å². The first kappa shape index (κ1) is 10.4. The van der Waals surface area contributed by atoms with Crippen molar-refractivity contribution < 1.29 is 14.3 Å². The van der Waals surface area contributed by atoms with Gasteiger partial charge in [-0.2, -0.15) is 0 Å². The molecule has 64 valence electrons. The molecule has 0 unspecified atom stereocenters. The topological polar surface area (TPSA) is 69.4 Å². The maximum absolute atomic E-state index is 11.0. The summed E-state index contributed by atoms with van der Waals surface area (Å²) in [7, 11) is 0. The van der Waals surface area contributed by atoms with E-state index in [4.69, 9.17) is 5.73 Å². The fourth-order valence-electron chi connectivity index (χ4n) is 0.469. The molecule has 0 heterocycles. The van der Waals surface area contributed by atoms with Gasteiger partial charge in [-0.25, -0.2) is 4.79 Å². The molecule has 0 radical (unpaired) electrons. The second-order valence-electron chi connectivity index (χ2n) is 2.49. The van der Waals surface area contributed by atoms with Gasteiger partial charge in [-0.05, 0) is 13.8 Å². The summed E-state index contributed by atoms with van der Waals surface area (Å²) >= 11 is 2.96. The van der Waals surface area contributed by atoms with Crippen molar-refractivity contribution in [1.29, 1.82) is 0 Å². The van der Waals surface area contributed by atoms with E-state index in [1.807, 2.05) is 0 Å². The van der Waals surface area contributed by atoms with Gasteiger partial charge in [-0.1, -0.05) is 15.9 Å². The van der Waals surface area contributed by atoms with Crippen LogP contribution >= 0.6 is 15.9 Å². The van der Waals surface area contributed by atoms with E-state index in [0.717, 1.165) is 0 Å². The number of ether oxygens (including phenoxy) is 1. The lowest BCUT2D eigenvalue weighted by Gasteiger charge is -2.20. The van der Waals surface area contributed by atoms with E-state index in [1.54, 1.807) is 0 Å². The van der Waals surface area contributed by atoms with Crippen molar-refractivity contribution in [2.75, 3.05) is 5.33 Å². The number of hydrogen-bond donors (Lipinski definition) is 1. The average Bonchev–Trinajstić information content (AvgIpc) is 1.83. The van der Waals surface area contributed by atoms with E-state index in [-0.39, 0.29) is 11.1 Å². The van der Waals surface area contributed by atoms with E-state index in [1.165, 1.54) is 13.8 Å². The third kappa shape index (κ3) is 3.36. The highest BCUT2D eigenvalue weighted by Gasteiger charge is 2.29. The fraction of sp³-hybridized carbons (Fsp3) is 0.667. The summed E-state index contributed by atoms with van der Waals surface area (Å²) in [6.07, 6.45) is -0.940. The third-order valence-electron chi connectivity index (χ3n) is 1.15. The molecule has 0 aliphatic heterocycles. The fourth-order valence-corrected chi connectivity index (χ4v) is 1.14. The molecule has 0 aromatic rings. The molecule has 0 saturated heterocycles. The molecule has 0 aromatic carbocycles. The zero-order chi connectivity index (χ0) is 9.07. The molecule has 0 aliphatic rings. The lowest BCUT2D eigenvalue weighted by Crippen LogP contribution is -2.39. The number of hydrogen-bond acceptors (Lipinski definition) is 3. The summed E-state index contributed by atoms with van der Waals surface area (Å²) in [5, 5.41) is 0.146. The number of rotatable bonds is 3. The number of nitrogens with two attached hydrogens (primary N) is 1. The van der Waals surface area contributed by atoms with Gasteiger partial charge in [-0.3, -0.25) is 4.79 Å². The average molecular weight is 224 g/mol. The van der Waals surface area contributed by atoms with Gasteiger partial charge in [-0.15, -0.1) is 0 Å². The van der Waals surface area contributed by atoms with Gasteiger partial charge < -0.3 is 10.5 Å². The Kier molecular flexibility index (Phi) is 3.51. The van der Waals surface area contributed by atoms with E-state index in [9.17, 15) is 9.59 Å². The molecule has 0 aliphatic carbocycles. The number of Topliss-reactive ketones (excluding diaryl/α,β-unsaturated/α-hetero) is 1. The van der Waals surface area contributed by atoms with Crippen LogP contribution in [0.15, 0.2) is 0 Å². The van der Waals surface area contributed by atoms with Crippen LogP contribution in [0, 0.1) is 0 Å². The van der Waals surface area contributed by atoms with Gasteiger partial charge in [0, 0.05) is 0 Å². The number of ketones is 1. The Bertz CT molecular complexity index is 179. The van der Waals surface area contributed by atoms with Crippen LogP contribution in [-0.2, 0) is 9.53 Å². The molecule has 2 N–H and O–H groups in total. The van der Waals surface area contributed by atoms with Gasteiger partial charge in [0.15, 0.2) is 11.4 Å². The van der Waals surface area contributed by atoms with Gasteiger partial charge in [0.2, 0.25) is 0 Å². The van der Waals surface area contributed by atoms with Crippen LogP contribution in [0.25, 0.3) is 0 Å². The molecular formula is C6H10BrNO3. The minimum absolute atomic E-state index is 0.146. The van der Waals surface area contributed by atoms with Crippen molar-refractivity contribution in [3.63, 3.8) is 0 Å². The highest BCUT2D eigenvalue weighted by molar-refractivity contribution is 9.09. The Morgan fingerprint density at radius 2 is 2.00 bits per heavy atom. The van der Waals surface area contributed by atoms with Crippen LogP contribution in [-0.4, -0.2) is 22.8 Å². The SMILES string of the molecule is CC(C)(OC(N)=O)C(=O)CBr. The maximum Gasteiger partial charge on any atom is 0.405 e. The van der Waals surface area contributed by atoms with Crippen LogP contribution in [0.5, 0.6) is 0 Å². The van der Waals surface area contributed by atoms with E-state index >= 15 is 0 Å². The standard InChI is InChI=1S/C6H10BrNO3/c1-6(2,4(9)3-7)11-5(8)10/h3H2,1-2H3,(H2,8,10). The number of carbonyl (C=O) groups excluding carboxylic acids is 2. The highest BCUT2D eigenvalue weighted by Crippen LogP contribution is 2.11. The van der Waals surface area contributed by atoms with Crippen LogP contribution in [0.3, 0.4) is 0 Å². The van der Waals surface area contributed by atoms with Gasteiger partial charge in [0.25, 0.3) is 0 Å². The first-order chi connectivity index (χ1) is 4.90. The molecule has 0 fully saturated rings. The smallest absolute Gasteiger partial charge is 0.405 e. The monoisotopic (exact) mass is 223 g/mol. The van der Waals surface area contributed by atoms with Crippen LogP contribution in [0.1, 0.15) is 13.8 Å². The van der Waals surface area contributed by atoms with Crippen molar-refractivity contribution in [2.24, 2.45) is 5.73 Å². The molecule has 0 bridgehead atoms. The predicted molar refractivity (Wildman–Crippen MR) is 43.5 cm³/mol. The summed E-state index contributed by atoms with van der Waals surface area (Å²) in [5.41, 5.74) is 3.61. The molecule has 0 atom stereocenters. The van der Waals surface area contributed by atoms with Crippen molar-refractivity contribution >= 4 is 27.8 Å². The molecule has 0 aromatic heterocycles. The first-order valence-electron chi connectivity index (χ1n) is 2.98. The molecule has 11 heavy (non-hydrogen) atoms. The second-order valence-corrected chi connectivity index (χ2v) is 3.05. The first-order valence-corrected chi connectivity index (χ1v) is 4.10. The van der Waals surface area contributed by atoms with Crippen molar-refractivity contribution in [1.82, 2.24) is 0 Å². The Balaban J connectivity index is 4.21. The summed E-state index contributed by atoms with van der Waals surface area (Å²) in [5.74, 6) is -0.226. The molecule has 0 spiro atoms. The second kappa shape index (κ2) is 3.71. The largest absolute Gasteiger partial charge is 0.436 e. The van der Waals surface area contributed by atoms with Crippen LogP contribution in [0.4, 0.5) is 4.79 Å². The number of carbonyl (C=O) groups is 2. The zero-order valence-electron chi connectivity index (χ0n) is 6.39. The number of amides is 1. The molecule has 1 amide bonds. The molecule has 4 nitrogen and oxygen atoms in total. The van der Waals surface area contributed by atoms with Crippen LogP contribution < -0.4 is 5.73 Å². The number of halogens is 1. The van der Waals surface area contributed by atoms with E-state index in [0.29, 0.717) is 0 Å². The van der Waals surface area contributed by atoms with Crippen molar-refractivity contribution in [3.8, 4) is 0 Å². The quantitative estimate of drug-likeness (QED) is 0.721. The summed E-state index contributed by atoms with van der Waals surface area (Å²) in [6.45, 7) is 2.97. The highest BCUT2D eigenvalue weighted by atomic mass is 79.9. The minimum Gasteiger partial charge on any atom is -0.436 e. The Morgan fingerprint density at radius 3 is 2.27 bits per heavy atom. The van der Waals surface area contributed by atoms with E-state index in [2.05, 4.69) is 20.7 Å². The third-order valence-corrected chi connectivity index (χ3v) is 1.66. The number of alkyl halides is 1. The zero-order valence-corrected chi connectivity index (χ0v) is 7.97. The van der Waals surface area contributed by atoms with Gasteiger partial charge >= 0.3 is 6.09 Å². The maximum atomic E-state index is 11.0. The Hall–Kier alpha value is -0.580. The normalized spacial score (nSPS) is 10.8. The van der Waals surface area contributed by atoms with Gasteiger partial charge in [0.05, 0.1) is 5.33 Å². The molecule has 0 saturated carbocycles. The Morgan fingerprint density at radius 1 is 1.55 bits per heavy atom. The summed E-state index contributed by atoms with van der Waals surface area (Å²) in [6, 6.07) is 0. The summed E-state index contributed by atoms with van der Waals surface area (Å²) in [4.78, 5) is 21.3. The lowest BCUT2D eigenvalue weighted by atomic mass is 10.1. The minimum atomic E-state index is -1.13. The molecule has 0 rings (SSSR count). The lowest BCUT2D eigenvalue weighted by molar-refractivity contribution is -0.131. The molecule has 5 heteroatoms. The van der Waals surface area contributed by atoms with Gasteiger partial charge in [0.1, 0.15) is 0 Å². The predicted octanol–water partition coefficient (Wildman–Crippen LogP) is 0.824. The summed E-state index contributed by atoms with van der Waals surface area (Å²) < 4.78 is 4.55. The number of primary amides is 1. The van der Waals surface area contributed by atoms with Crippen molar-refractivity contribution in [2.45, 2.75) is 19.4 Å². The van der Waals surface area contributed by atoms with Crippen molar-refractivity contribution in [3.05, 3.63) is 0 Å².